The Morgan fingerprint density at radius 2 is 2.12 bits per heavy atom. The predicted octanol–water partition coefficient (Wildman–Crippen LogP) is 0.448. The van der Waals surface area contributed by atoms with Gasteiger partial charge in [0.2, 0.25) is 11.6 Å². The third kappa shape index (κ3) is 1.94. The summed E-state index contributed by atoms with van der Waals surface area (Å²) in [5.41, 5.74) is 0.327. The Labute approximate surface area is 96.7 Å². The molecule has 0 bridgehead atoms. The Kier molecular flexibility index (Phi) is 2.99. The van der Waals surface area contributed by atoms with Crippen LogP contribution in [0.2, 0.25) is 0 Å². The molecule has 7 heteroatoms. The second-order valence-corrected chi connectivity index (χ2v) is 3.11. The minimum atomic E-state index is -0.380. The van der Waals surface area contributed by atoms with E-state index in [-0.39, 0.29) is 11.6 Å². The van der Waals surface area contributed by atoms with Gasteiger partial charge in [0.1, 0.15) is 0 Å². The van der Waals surface area contributed by atoms with Crippen molar-refractivity contribution >= 4 is 5.78 Å². The van der Waals surface area contributed by atoms with E-state index in [4.69, 9.17) is 9.47 Å². The van der Waals surface area contributed by atoms with Crippen molar-refractivity contribution in [1.29, 1.82) is 0 Å². The van der Waals surface area contributed by atoms with Crippen LogP contribution in [0.1, 0.15) is 16.2 Å². The molecular formula is C10H10N4O3. The second-order valence-electron chi connectivity index (χ2n) is 3.11. The highest BCUT2D eigenvalue weighted by Crippen LogP contribution is 2.31. The molecule has 2 rings (SSSR count). The lowest BCUT2D eigenvalue weighted by Gasteiger charge is -2.10. The van der Waals surface area contributed by atoms with Crippen molar-refractivity contribution in [3.63, 3.8) is 0 Å². The molecule has 1 heterocycles. The first-order valence-corrected chi connectivity index (χ1v) is 4.77. The number of hydrogen-bond donors (Lipinski definition) is 1. The molecule has 17 heavy (non-hydrogen) atoms. The number of hydrogen-bond acceptors (Lipinski definition) is 6. The summed E-state index contributed by atoms with van der Waals surface area (Å²) in [4.78, 5) is 12.0. The van der Waals surface area contributed by atoms with Gasteiger partial charge in [-0.25, -0.2) is 0 Å². The van der Waals surface area contributed by atoms with E-state index < -0.39 is 0 Å². The molecule has 1 N–H and O–H groups in total. The molecule has 0 amide bonds. The van der Waals surface area contributed by atoms with E-state index in [1.807, 2.05) is 0 Å². The van der Waals surface area contributed by atoms with Gasteiger partial charge >= 0.3 is 0 Å². The van der Waals surface area contributed by atoms with E-state index in [0.29, 0.717) is 17.1 Å². The molecule has 0 aliphatic rings. The van der Waals surface area contributed by atoms with Crippen molar-refractivity contribution in [2.45, 2.75) is 0 Å². The van der Waals surface area contributed by atoms with Crippen LogP contribution in [0.5, 0.6) is 11.5 Å². The van der Waals surface area contributed by atoms with Crippen LogP contribution in [-0.4, -0.2) is 40.6 Å². The molecule has 0 fully saturated rings. The number of nitrogens with one attached hydrogen (secondary N) is 1. The van der Waals surface area contributed by atoms with E-state index in [1.165, 1.54) is 14.2 Å². The minimum absolute atomic E-state index is 0.0171. The van der Waals surface area contributed by atoms with Crippen LogP contribution >= 0.6 is 0 Å². The lowest BCUT2D eigenvalue weighted by Crippen LogP contribution is -2.07. The molecule has 0 saturated heterocycles. The van der Waals surface area contributed by atoms with Gasteiger partial charge in [-0.1, -0.05) is 6.07 Å². The Bertz CT molecular complexity index is 524. The predicted molar refractivity (Wildman–Crippen MR) is 57.2 cm³/mol. The summed E-state index contributed by atoms with van der Waals surface area (Å²) in [7, 11) is 2.96. The second kappa shape index (κ2) is 4.60. The highest BCUT2D eigenvalue weighted by molar-refractivity contribution is 6.08. The molecule has 88 valence electrons. The molecule has 0 atom stereocenters. The molecular weight excluding hydrogens is 224 g/mol. The third-order valence-corrected chi connectivity index (χ3v) is 2.20. The summed E-state index contributed by atoms with van der Waals surface area (Å²) < 4.78 is 10.3. The van der Waals surface area contributed by atoms with Gasteiger partial charge in [-0.15, -0.1) is 10.2 Å². The fourth-order valence-corrected chi connectivity index (χ4v) is 1.44. The van der Waals surface area contributed by atoms with E-state index in [1.54, 1.807) is 18.2 Å². The average molecular weight is 234 g/mol. The zero-order chi connectivity index (χ0) is 12.3. The first kappa shape index (κ1) is 11.1. The number of nitrogens with zero attached hydrogens (tertiary/aromatic N) is 3. The molecule has 2 aromatic rings. The Morgan fingerprint density at radius 3 is 2.71 bits per heavy atom. The number of rotatable bonds is 4. The fourth-order valence-electron chi connectivity index (χ4n) is 1.44. The van der Waals surface area contributed by atoms with Gasteiger partial charge in [-0.2, -0.15) is 5.21 Å². The minimum Gasteiger partial charge on any atom is -0.493 e. The molecule has 0 aliphatic carbocycles. The van der Waals surface area contributed by atoms with E-state index in [9.17, 15) is 4.79 Å². The van der Waals surface area contributed by atoms with Crippen molar-refractivity contribution in [2.75, 3.05) is 14.2 Å². The molecule has 0 saturated carbocycles. The lowest BCUT2D eigenvalue weighted by molar-refractivity contribution is 0.102. The summed E-state index contributed by atoms with van der Waals surface area (Å²) in [6, 6.07) is 5.00. The number of tetrazole rings is 1. The first-order valence-electron chi connectivity index (χ1n) is 4.77. The van der Waals surface area contributed by atoms with Crippen LogP contribution in [0.3, 0.4) is 0 Å². The molecule has 0 aliphatic heterocycles. The Morgan fingerprint density at radius 1 is 1.29 bits per heavy atom. The summed E-state index contributed by atoms with van der Waals surface area (Å²) in [6.45, 7) is 0. The Hall–Kier alpha value is -2.44. The summed E-state index contributed by atoms with van der Waals surface area (Å²) in [5.74, 6) is 0.428. The quantitative estimate of drug-likeness (QED) is 0.772. The third-order valence-electron chi connectivity index (χ3n) is 2.20. The molecule has 0 spiro atoms. The van der Waals surface area contributed by atoms with E-state index in [0.717, 1.165) is 0 Å². The number of para-hydroxylation sites is 1. The van der Waals surface area contributed by atoms with Crippen LogP contribution in [0.15, 0.2) is 18.2 Å². The van der Waals surface area contributed by atoms with Gasteiger partial charge in [-0.3, -0.25) is 4.79 Å². The zero-order valence-corrected chi connectivity index (χ0v) is 9.30. The highest BCUT2D eigenvalue weighted by Gasteiger charge is 2.20. The van der Waals surface area contributed by atoms with Crippen LogP contribution in [-0.2, 0) is 0 Å². The number of ether oxygens (including phenoxy) is 2. The van der Waals surface area contributed by atoms with Gasteiger partial charge in [-0.05, 0) is 17.3 Å². The number of aromatic nitrogens is 4. The topological polar surface area (TPSA) is 90.0 Å². The number of aromatic amines is 1. The van der Waals surface area contributed by atoms with Gasteiger partial charge in [0.25, 0.3) is 0 Å². The lowest BCUT2D eigenvalue weighted by atomic mass is 10.1. The normalized spacial score (nSPS) is 10.0. The van der Waals surface area contributed by atoms with Gasteiger partial charge in [0.15, 0.2) is 11.5 Å². The van der Waals surface area contributed by atoms with E-state index in [2.05, 4.69) is 20.6 Å². The number of methoxy groups -OCH3 is 2. The van der Waals surface area contributed by atoms with Crippen molar-refractivity contribution in [3.05, 3.63) is 29.6 Å². The van der Waals surface area contributed by atoms with Crippen LogP contribution in [0, 0.1) is 0 Å². The average Bonchev–Trinajstić information content (AvgIpc) is 2.90. The first-order chi connectivity index (χ1) is 8.27. The summed E-state index contributed by atoms with van der Waals surface area (Å²) >= 11 is 0. The molecule has 0 radical (unpaired) electrons. The largest absolute Gasteiger partial charge is 0.493 e. The number of carbonyl (C=O) groups excluding carboxylic acids is 1. The smallest absolute Gasteiger partial charge is 0.245 e. The Balaban J connectivity index is 2.48. The maximum atomic E-state index is 12.0. The molecule has 1 aromatic heterocycles. The number of ketones is 1. The van der Waals surface area contributed by atoms with Gasteiger partial charge < -0.3 is 9.47 Å². The standard InChI is InChI=1S/C10H10N4O3/c1-16-7-5-3-4-6(9(7)17-2)8(15)10-11-13-14-12-10/h3-5H,1-2H3,(H,11,12,13,14). The van der Waals surface area contributed by atoms with E-state index >= 15 is 0 Å². The van der Waals surface area contributed by atoms with Crippen LogP contribution in [0.25, 0.3) is 0 Å². The van der Waals surface area contributed by atoms with Crippen molar-refractivity contribution in [1.82, 2.24) is 20.6 Å². The number of carbonyl (C=O) groups is 1. The van der Waals surface area contributed by atoms with Gasteiger partial charge in [0.05, 0.1) is 19.8 Å². The highest BCUT2D eigenvalue weighted by atomic mass is 16.5. The summed E-state index contributed by atoms with van der Waals surface area (Å²) in [6.07, 6.45) is 0. The van der Waals surface area contributed by atoms with Gasteiger partial charge in [0, 0.05) is 0 Å². The maximum Gasteiger partial charge on any atom is 0.245 e. The number of benzene rings is 1. The SMILES string of the molecule is COc1cccc(C(=O)c2nn[nH]n2)c1OC. The van der Waals surface area contributed by atoms with Crippen molar-refractivity contribution < 1.29 is 14.3 Å². The zero-order valence-electron chi connectivity index (χ0n) is 9.30. The monoisotopic (exact) mass is 234 g/mol. The molecule has 0 unspecified atom stereocenters. The van der Waals surface area contributed by atoms with Crippen LogP contribution in [0.4, 0.5) is 0 Å². The summed E-state index contributed by atoms with van der Waals surface area (Å²) in [5, 5.41) is 12.8. The van der Waals surface area contributed by atoms with Crippen molar-refractivity contribution in [2.24, 2.45) is 0 Å². The fraction of sp³-hybridized carbons (Fsp3) is 0.200. The van der Waals surface area contributed by atoms with Crippen molar-refractivity contribution in [3.8, 4) is 11.5 Å². The van der Waals surface area contributed by atoms with Crippen LogP contribution < -0.4 is 9.47 Å². The molecule has 7 nitrogen and oxygen atoms in total. The molecule has 1 aromatic carbocycles. The number of H-pyrrole nitrogens is 1. The maximum absolute atomic E-state index is 12.0.